The van der Waals surface area contributed by atoms with Crippen LogP contribution in [-0.2, 0) is 4.74 Å². The second-order valence-electron chi connectivity index (χ2n) is 8.48. The maximum atomic E-state index is 11.1. The van der Waals surface area contributed by atoms with Crippen LogP contribution in [0, 0.1) is 5.41 Å². The quantitative estimate of drug-likeness (QED) is 0.707. The van der Waals surface area contributed by atoms with Crippen molar-refractivity contribution in [2.45, 2.75) is 64.8 Å². The summed E-state index contributed by atoms with van der Waals surface area (Å²) in [6, 6.07) is 1.61. The Kier molecular flexibility index (Phi) is 6.28. The highest BCUT2D eigenvalue weighted by Gasteiger charge is 2.59. The number of allylic oxidation sites excluding steroid dienone is 4. The molecule has 0 amide bonds. The summed E-state index contributed by atoms with van der Waals surface area (Å²) in [5.41, 5.74) is 2.99. The number of nitrogens with zero attached hydrogens (tertiary/aromatic N) is 2. The van der Waals surface area contributed by atoms with Gasteiger partial charge < -0.3 is 15.2 Å². The van der Waals surface area contributed by atoms with Crippen LogP contribution >= 0.6 is 0 Å². The number of nitrogens with one attached hydrogen (secondary N) is 1. The van der Waals surface area contributed by atoms with Gasteiger partial charge in [0, 0.05) is 36.4 Å². The van der Waals surface area contributed by atoms with Crippen molar-refractivity contribution in [3.8, 4) is 0 Å². The largest absolute Gasteiger partial charge is 0.497 e. The normalized spacial score (nSPS) is 36.6. The summed E-state index contributed by atoms with van der Waals surface area (Å²) in [5, 5.41) is 14.7. The molecular formula is C23H35N3O2. The van der Waals surface area contributed by atoms with Gasteiger partial charge in [-0.1, -0.05) is 20.4 Å². The van der Waals surface area contributed by atoms with Crippen LogP contribution in [0.2, 0.25) is 0 Å². The summed E-state index contributed by atoms with van der Waals surface area (Å²) in [6.07, 6.45) is 9.11. The number of hydrogen-bond acceptors (Lipinski definition) is 5. The van der Waals surface area contributed by atoms with Gasteiger partial charge in [-0.3, -0.25) is 9.89 Å². The number of aliphatic hydroxyl groups excluding tert-OH is 1. The van der Waals surface area contributed by atoms with Crippen molar-refractivity contribution in [2.24, 2.45) is 10.4 Å². The number of ether oxygens (including phenoxy) is 1. The summed E-state index contributed by atoms with van der Waals surface area (Å²) in [5.74, 6) is 0.763. The topological polar surface area (TPSA) is 57.1 Å². The number of β-amino-alcohol motifs (C(OH)–C–C–N with tert-alkyl or cyclic N) is 1. The van der Waals surface area contributed by atoms with Crippen LogP contribution in [0.15, 0.2) is 52.9 Å². The van der Waals surface area contributed by atoms with E-state index in [1.54, 1.807) is 7.11 Å². The second kappa shape index (κ2) is 8.36. The van der Waals surface area contributed by atoms with Gasteiger partial charge in [-0.15, -0.1) is 0 Å². The van der Waals surface area contributed by atoms with Crippen LogP contribution in [0.25, 0.3) is 0 Å². The van der Waals surface area contributed by atoms with E-state index in [-0.39, 0.29) is 0 Å². The molecule has 154 valence electrons. The standard InChI is InChI=1S/C23H35N3O2/c1-7-24-17-11-22-23(5,13-17)16(4)26(22)14-21(27)15(3)19-12-18(28-6)9-10-20(19)25-8-2/h8-10,12,16-17,21-22,24,27H,2,7,11,13-14H2,1,3-6H3/b19-15+,25-20?. The van der Waals surface area contributed by atoms with E-state index in [0.717, 1.165) is 35.6 Å². The lowest BCUT2D eigenvalue weighted by Gasteiger charge is -2.59. The Balaban J connectivity index is 1.77. The average Bonchev–Trinajstić information content (AvgIpc) is 2.99. The fourth-order valence-electron chi connectivity index (χ4n) is 5.23. The molecule has 0 aromatic carbocycles. The molecule has 28 heavy (non-hydrogen) atoms. The molecule has 1 heterocycles. The Morgan fingerprint density at radius 3 is 2.93 bits per heavy atom. The molecule has 1 saturated carbocycles. The predicted molar refractivity (Wildman–Crippen MR) is 115 cm³/mol. The van der Waals surface area contributed by atoms with Crippen molar-refractivity contribution in [1.82, 2.24) is 10.2 Å². The summed E-state index contributed by atoms with van der Waals surface area (Å²) >= 11 is 0. The van der Waals surface area contributed by atoms with Crippen molar-refractivity contribution >= 4 is 5.71 Å². The Labute approximate surface area is 169 Å². The number of hydrogen-bond donors (Lipinski definition) is 2. The Morgan fingerprint density at radius 1 is 1.54 bits per heavy atom. The zero-order valence-electron chi connectivity index (χ0n) is 17.9. The minimum absolute atomic E-state index is 0.347. The lowest BCUT2D eigenvalue weighted by atomic mass is 9.68. The van der Waals surface area contributed by atoms with Crippen molar-refractivity contribution in [1.29, 1.82) is 0 Å². The molecule has 5 atom stereocenters. The highest BCUT2D eigenvalue weighted by Crippen LogP contribution is 2.54. The van der Waals surface area contributed by atoms with Crippen LogP contribution in [0.5, 0.6) is 0 Å². The van der Waals surface area contributed by atoms with E-state index in [1.807, 2.05) is 25.2 Å². The first-order valence-corrected chi connectivity index (χ1v) is 10.4. The van der Waals surface area contributed by atoms with Crippen LogP contribution in [0.1, 0.15) is 40.5 Å². The molecule has 0 radical (unpaired) electrons. The zero-order valence-corrected chi connectivity index (χ0v) is 17.9. The maximum absolute atomic E-state index is 11.1. The van der Waals surface area contributed by atoms with Crippen LogP contribution < -0.4 is 5.32 Å². The third kappa shape index (κ3) is 3.63. The number of rotatable bonds is 7. The predicted octanol–water partition coefficient (Wildman–Crippen LogP) is 3.20. The minimum atomic E-state index is -0.545. The molecule has 5 heteroatoms. The molecule has 0 aromatic heterocycles. The molecule has 0 bridgehead atoms. The maximum Gasteiger partial charge on any atom is 0.119 e. The SMILES string of the molecule is C=CN=C1C=CC(OC)=C/C1=C(/C)C(O)CN1C(C)C2(C)CC(NCC)CC12. The van der Waals surface area contributed by atoms with E-state index in [1.165, 1.54) is 12.6 Å². The van der Waals surface area contributed by atoms with E-state index < -0.39 is 6.10 Å². The van der Waals surface area contributed by atoms with Crippen molar-refractivity contribution in [2.75, 3.05) is 20.2 Å². The van der Waals surface area contributed by atoms with Gasteiger partial charge >= 0.3 is 0 Å². The van der Waals surface area contributed by atoms with Gasteiger partial charge in [-0.25, -0.2) is 0 Å². The van der Waals surface area contributed by atoms with Gasteiger partial charge in [-0.2, -0.15) is 0 Å². The molecule has 3 rings (SSSR count). The average molecular weight is 386 g/mol. The highest BCUT2D eigenvalue weighted by atomic mass is 16.5. The van der Waals surface area contributed by atoms with Crippen LogP contribution in [-0.4, -0.2) is 60.1 Å². The second-order valence-corrected chi connectivity index (χ2v) is 8.48. The first-order valence-electron chi connectivity index (χ1n) is 10.4. The van der Waals surface area contributed by atoms with E-state index in [0.29, 0.717) is 30.1 Å². The molecule has 0 aromatic rings. The number of methoxy groups -OCH3 is 1. The van der Waals surface area contributed by atoms with E-state index in [9.17, 15) is 5.11 Å². The monoisotopic (exact) mass is 385 g/mol. The van der Waals surface area contributed by atoms with Gasteiger partial charge in [0.25, 0.3) is 0 Å². The van der Waals surface area contributed by atoms with Gasteiger partial charge in [0.05, 0.1) is 18.9 Å². The van der Waals surface area contributed by atoms with Crippen LogP contribution in [0.3, 0.4) is 0 Å². The third-order valence-electron chi connectivity index (χ3n) is 7.04. The van der Waals surface area contributed by atoms with Crippen molar-refractivity contribution in [3.63, 3.8) is 0 Å². The van der Waals surface area contributed by atoms with Gasteiger partial charge in [0.15, 0.2) is 0 Å². The summed E-state index contributed by atoms with van der Waals surface area (Å²) in [4.78, 5) is 6.85. The summed E-state index contributed by atoms with van der Waals surface area (Å²) in [7, 11) is 1.65. The van der Waals surface area contributed by atoms with E-state index in [2.05, 4.69) is 42.6 Å². The molecule has 2 fully saturated rings. The molecule has 0 spiro atoms. The first kappa shape index (κ1) is 21.0. The lowest BCUT2D eigenvalue weighted by Crippen LogP contribution is -2.68. The Morgan fingerprint density at radius 2 is 2.29 bits per heavy atom. The number of fused-ring (bicyclic) bond motifs is 1. The lowest BCUT2D eigenvalue weighted by molar-refractivity contribution is -0.112. The molecule has 1 aliphatic heterocycles. The van der Waals surface area contributed by atoms with Gasteiger partial charge in [0.2, 0.25) is 0 Å². The molecule has 2 N–H and O–H groups in total. The fraction of sp³-hybridized carbons (Fsp3) is 0.609. The van der Waals surface area contributed by atoms with E-state index >= 15 is 0 Å². The van der Waals surface area contributed by atoms with Crippen molar-refractivity contribution in [3.05, 3.63) is 47.9 Å². The summed E-state index contributed by atoms with van der Waals surface area (Å²) < 4.78 is 5.37. The van der Waals surface area contributed by atoms with Crippen molar-refractivity contribution < 1.29 is 9.84 Å². The highest BCUT2D eigenvalue weighted by molar-refractivity contribution is 6.12. The molecule has 5 nitrogen and oxygen atoms in total. The summed E-state index contributed by atoms with van der Waals surface area (Å²) in [6.45, 7) is 14.2. The van der Waals surface area contributed by atoms with Gasteiger partial charge in [0.1, 0.15) is 5.76 Å². The molecule has 1 saturated heterocycles. The molecular weight excluding hydrogens is 350 g/mol. The molecule has 3 aliphatic rings. The molecule has 2 aliphatic carbocycles. The van der Waals surface area contributed by atoms with Crippen LogP contribution in [0.4, 0.5) is 0 Å². The van der Waals surface area contributed by atoms with E-state index in [4.69, 9.17) is 4.74 Å². The zero-order chi connectivity index (χ0) is 20.5. The number of aliphatic hydroxyl groups is 1. The number of aliphatic imine (C=N–C) groups is 1. The minimum Gasteiger partial charge on any atom is -0.497 e. The van der Waals surface area contributed by atoms with Gasteiger partial charge in [-0.05, 0) is 62.5 Å². The Bertz CT molecular complexity index is 736. The fourth-order valence-corrected chi connectivity index (χ4v) is 5.23. The number of likely N-dealkylation sites (tertiary alicyclic amines) is 1. The Hall–Kier alpha value is -1.69. The smallest absolute Gasteiger partial charge is 0.119 e. The first-order chi connectivity index (χ1) is 13.3. The third-order valence-corrected chi connectivity index (χ3v) is 7.04. The molecule has 5 unspecified atom stereocenters.